The van der Waals surface area contributed by atoms with Crippen LogP contribution >= 0.6 is 0 Å². The van der Waals surface area contributed by atoms with E-state index in [1.165, 1.54) is 6.42 Å². The summed E-state index contributed by atoms with van der Waals surface area (Å²) >= 11 is 0. The fourth-order valence-corrected chi connectivity index (χ4v) is 1.22. The maximum absolute atomic E-state index is 2.28. The van der Waals surface area contributed by atoms with E-state index < -0.39 is 0 Å². The van der Waals surface area contributed by atoms with Crippen molar-refractivity contribution in [3.8, 4) is 0 Å². The van der Waals surface area contributed by atoms with E-state index in [4.69, 9.17) is 0 Å². The Balaban J connectivity index is 0. The molecule has 0 rings (SSSR count). The third-order valence-electron chi connectivity index (χ3n) is 1.02. The van der Waals surface area contributed by atoms with E-state index in [-0.39, 0.29) is 19.5 Å². The van der Waals surface area contributed by atoms with E-state index in [2.05, 4.69) is 34.6 Å². The van der Waals surface area contributed by atoms with E-state index >= 15 is 0 Å². The molecule has 0 radical (unpaired) electrons. The summed E-state index contributed by atoms with van der Waals surface area (Å²) in [6.45, 7) is 11.4. The van der Waals surface area contributed by atoms with Gasteiger partial charge in [0, 0.05) is 19.5 Å². The van der Waals surface area contributed by atoms with Gasteiger partial charge >= 0.3 is 0 Å². The van der Waals surface area contributed by atoms with Crippen LogP contribution in [0.15, 0.2) is 0 Å². The standard InChI is InChI=1S/C8H18.Zn/c1-7(2)6-8(3,4)5;/h7H,6H2,1-5H3;. The predicted octanol–water partition coefficient (Wildman–Crippen LogP) is 3.08. The largest absolute Gasteiger partial charge is 0.0628 e. The van der Waals surface area contributed by atoms with Crippen LogP contribution in [-0.2, 0) is 19.5 Å². The molecule has 0 atom stereocenters. The van der Waals surface area contributed by atoms with Crippen molar-refractivity contribution in [2.24, 2.45) is 11.3 Å². The van der Waals surface area contributed by atoms with Gasteiger partial charge in [0.05, 0.1) is 0 Å². The summed E-state index contributed by atoms with van der Waals surface area (Å²) < 4.78 is 0. The minimum Gasteiger partial charge on any atom is -0.0628 e. The van der Waals surface area contributed by atoms with Crippen molar-refractivity contribution in [1.82, 2.24) is 0 Å². The zero-order valence-electron chi connectivity index (χ0n) is 7.49. The van der Waals surface area contributed by atoms with Gasteiger partial charge in [-0.15, -0.1) is 0 Å². The summed E-state index contributed by atoms with van der Waals surface area (Å²) in [5.74, 6) is 0.843. The van der Waals surface area contributed by atoms with Gasteiger partial charge in [0.1, 0.15) is 0 Å². The molecule has 1 heteroatoms. The smallest absolute Gasteiger partial charge is 0 e. The quantitative estimate of drug-likeness (QED) is 0.543. The van der Waals surface area contributed by atoms with Gasteiger partial charge in [-0.2, -0.15) is 0 Å². The third kappa shape index (κ3) is 12.0. The van der Waals surface area contributed by atoms with Gasteiger partial charge in [-0.1, -0.05) is 34.6 Å². The Kier molecular flexibility index (Phi) is 6.08. The molecule has 0 bridgehead atoms. The Bertz CT molecular complexity index is 59.5. The summed E-state index contributed by atoms with van der Waals surface area (Å²) in [5.41, 5.74) is 0.522. The fourth-order valence-electron chi connectivity index (χ4n) is 1.22. The molecule has 0 heterocycles. The van der Waals surface area contributed by atoms with Gasteiger partial charge in [-0.25, -0.2) is 0 Å². The zero-order chi connectivity index (χ0) is 6.78. The first-order chi connectivity index (χ1) is 3.42. The molecule has 0 saturated heterocycles. The van der Waals surface area contributed by atoms with Crippen LogP contribution in [0.4, 0.5) is 0 Å². The van der Waals surface area contributed by atoms with E-state index in [1.807, 2.05) is 0 Å². The minimum atomic E-state index is 0. The third-order valence-corrected chi connectivity index (χ3v) is 1.02. The second-order valence-electron chi connectivity index (χ2n) is 4.16. The SMILES string of the molecule is CC(C)CC(C)(C)C.[Zn]. The second-order valence-corrected chi connectivity index (χ2v) is 4.16. The molecule has 0 aromatic heterocycles. The van der Waals surface area contributed by atoms with Crippen LogP contribution in [0.3, 0.4) is 0 Å². The number of rotatable bonds is 1. The van der Waals surface area contributed by atoms with E-state index in [0.29, 0.717) is 5.41 Å². The summed E-state index contributed by atoms with van der Waals surface area (Å²) in [5, 5.41) is 0. The van der Waals surface area contributed by atoms with E-state index in [1.54, 1.807) is 0 Å². The van der Waals surface area contributed by atoms with Crippen LogP contribution in [0.25, 0.3) is 0 Å². The molecule has 0 amide bonds. The molecular weight excluding hydrogens is 161 g/mol. The van der Waals surface area contributed by atoms with Gasteiger partial charge in [-0.05, 0) is 17.8 Å². The monoisotopic (exact) mass is 178 g/mol. The minimum absolute atomic E-state index is 0. The van der Waals surface area contributed by atoms with Crippen LogP contribution in [0.2, 0.25) is 0 Å². The predicted molar refractivity (Wildman–Crippen MR) is 38.9 cm³/mol. The van der Waals surface area contributed by atoms with Crippen LogP contribution in [0, 0.1) is 11.3 Å². The van der Waals surface area contributed by atoms with Gasteiger partial charge in [0.2, 0.25) is 0 Å². The number of hydrogen-bond donors (Lipinski definition) is 0. The Morgan fingerprint density at radius 2 is 1.44 bits per heavy atom. The zero-order valence-corrected chi connectivity index (χ0v) is 10.5. The molecular formula is C8H18Zn. The van der Waals surface area contributed by atoms with Gasteiger partial charge in [0.15, 0.2) is 0 Å². The van der Waals surface area contributed by atoms with Gasteiger partial charge in [-0.3, -0.25) is 0 Å². The molecule has 0 aliphatic heterocycles. The van der Waals surface area contributed by atoms with E-state index in [0.717, 1.165) is 5.92 Å². The van der Waals surface area contributed by atoms with Crippen molar-refractivity contribution in [3.63, 3.8) is 0 Å². The van der Waals surface area contributed by atoms with Crippen molar-refractivity contribution in [3.05, 3.63) is 0 Å². The molecule has 0 aromatic rings. The van der Waals surface area contributed by atoms with Crippen LogP contribution in [0.1, 0.15) is 41.0 Å². The van der Waals surface area contributed by atoms with Crippen LogP contribution in [0.5, 0.6) is 0 Å². The molecule has 0 aliphatic carbocycles. The van der Waals surface area contributed by atoms with Crippen molar-refractivity contribution < 1.29 is 19.5 Å². The molecule has 0 fully saturated rings. The molecule has 52 valence electrons. The average molecular weight is 180 g/mol. The maximum atomic E-state index is 2.28. The fraction of sp³-hybridized carbons (Fsp3) is 1.00. The Morgan fingerprint density at radius 1 is 1.11 bits per heavy atom. The van der Waals surface area contributed by atoms with Crippen molar-refractivity contribution >= 4 is 0 Å². The Morgan fingerprint density at radius 3 is 1.44 bits per heavy atom. The summed E-state index contributed by atoms with van der Waals surface area (Å²) in [4.78, 5) is 0. The summed E-state index contributed by atoms with van der Waals surface area (Å²) in [6.07, 6.45) is 1.33. The molecule has 9 heavy (non-hydrogen) atoms. The van der Waals surface area contributed by atoms with Gasteiger partial charge < -0.3 is 0 Å². The summed E-state index contributed by atoms with van der Waals surface area (Å²) in [6, 6.07) is 0. The van der Waals surface area contributed by atoms with Crippen molar-refractivity contribution in [1.29, 1.82) is 0 Å². The average Bonchev–Trinajstić information content (AvgIpc) is 1.21. The van der Waals surface area contributed by atoms with Crippen molar-refractivity contribution in [2.45, 2.75) is 41.0 Å². The maximum Gasteiger partial charge on any atom is 0 e. The second kappa shape index (κ2) is 4.44. The first-order valence-corrected chi connectivity index (χ1v) is 3.42. The molecule has 0 N–H and O–H groups in total. The van der Waals surface area contributed by atoms with Gasteiger partial charge in [0.25, 0.3) is 0 Å². The number of hydrogen-bond acceptors (Lipinski definition) is 0. The Hall–Kier alpha value is 0.623. The molecule has 0 aliphatic rings. The topological polar surface area (TPSA) is 0 Å². The molecule has 0 nitrogen and oxygen atoms in total. The Labute approximate surface area is 72.2 Å². The molecule has 0 spiro atoms. The molecule has 0 aromatic carbocycles. The summed E-state index contributed by atoms with van der Waals surface area (Å²) in [7, 11) is 0. The van der Waals surface area contributed by atoms with Crippen LogP contribution in [-0.4, -0.2) is 0 Å². The first kappa shape index (κ1) is 12.3. The molecule has 0 saturated carbocycles. The van der Waals surface area contributed by atoms with Crippen LogP contribution < -0.4 is 0 Å². The van der Waals surface area contributed by atoms with E-state index in [9.17, 15) is 0 Å². The molecule has 0 unspecified atom stereocenters. The normalized spacial score (nSPS) is 11.3. The van der Waals surface area contributed by atoms with Crippen molar-refractivity contribution in [2.75, 3.05) is 0 Å². The first-order valence-electron chi connectivity index (χ1n) is 3.42.